The predicted molar refractivity (Wildman–Crippen MR) is 118 cm³/mol. The molecule has 0 aromatic heterocycles. The van der Waals surface area contributed by atoms with E-state index in [-0.39, 0.29) is 24.5 Å². The lowest BCUT2D eigenvalue weighted by atomic mass is 10.1. The summed E-state index contributed by atoms with van der Waals surface area (Å²) in [6.07, 6.45) is 9.10. The lowest BCUT2D eigenvalue weighted by Crippen LogP contribution is -2.51. The van der Waals surface area contributed by atoms with Crippen LogP contribution in [-0.4, -0.2) is 65.2 Å². The molecule has 3 amide bonds. The monoisotopic (exact) mass is 427 g/mol. The van der Waals surface area contributed by atoms with Crippen molar-refractivity contribution >= 4 is 11.9 Å². The van der Waals surface area contributed by atoms with Gasteiger partial charge in [-0.2, -0.15) is 0 Å². The SMILES string of the molecule is COc1ccc(CN2CCCCC/C=C\[C@@H]3C[C@H]3NC(=O)[C@@H]3C[C@H](O)CN3C2=O)cc1. The fraction of sp³-hybridized carbons (Fsp3) is 0.583. The van der Waals surface area contributed by atoms with Gasteiger partial charge in [-0.15, -0.1) is 0 Å². The van der Waals surface area contributed by atoms with Crippen molar-refractivity contribution in [3.63, 3.8) is 0 Å². The van der Waals surface area contributed by atoms with E-state index >= 15 is 0 Å². The number of carbonyl (C=O) groups excluding carboxylic acids is 2. The van der Waals surface area contributed by atoms with Gasteiger partial charge in [0.15, 0.2) is 0 Å². The van der Waals surface area contributed by atoms with Gasteiger partial charge < -0.3 is 25.0 Å². The Labute approximate surface area is 184 Å². The number of allylic oxidation sites excluding steroid dienone is 1. The Kier molecular flexibility index (Phi) is 6.80. The molecule has 1 saturated carbocycles. The number of hydrogen-bond acceptors (Lipinski definition) is 4. The third kappa shape index (κ3) is 5.39. The maximum absolute atomic E-state index is 13.5. The number of amides is 3. The maximum atomic E-state index is 13.5. The summed E-state index contributed by atoms with van der Waals surface area (Å²) in [5.41, 5.74) is 1.01. The zero-order chi connectivity index (χ0) is 21.8. The molecule has 31 heavy (non-hydrogen) atoms. The van der Waals surface area contributed by atoms with Gasteiger partial charge in [-0.25, -0.2) is 4.79 Å². The van der Waals surface area contributed by atoms with E-state index in [9.17, 15) is 14.7 Å². The first kappa shape index (κ1) is 21.7. The van der Waals surface area contributed by atoms with Gasteiger partial charge in [-0.3, -0.25) is 4.79 Å². The lowest BCUT2D eigenvalue weighted by Gasteiger charge is -2.31. The van der Waals surface area contributed by atoms with Crippen molar-refractivity contribution in [2.24, 2.45) is 5.92 Å². The second-order valence-electron chi connectivity index (χ2n) is 8.90. The Bertz CT molecular complexity index is 810. The molecule has 3 aliphatic rings. The van der Waals surface area contributed by atoms with Crippen molar-refractivity contribution in [2.45, 2.75) is 63.3 Å². The van der Waals surface area contributed by atoms with Gasteiger partial charge in [0.25, 0.3) is 0 Å². The first-order valence-corrected chi connectivity index (χ1v) is 11.4. The van der Waals surface area contributed by atoms with Gasteiger partial charge in [0.05, 0.1) is 13.2 Å². The molecule has 1 aliphatic carbocycles. The molecule has 0 spiro atoms. The third-order valence-electron chi connectivity index (χ3n) is 6.48. The van der Waals surface area contributed by atoms with E-state index in [2.05, 4.69) is 17.5 Å². The normalized spacial score (nSPS) is 30.5. The summed E-state index contributed by atoms with van der Waals surface area (Å²) in [5.74, 6) is 1.03. The van der Waals surface area contributed by atoms with E-state index in [1.807, 2.05) is 29.2 Å². The minimum atomic E-state index is -0.670. The number of rotatable bonds is 3. The van der Waals surface area contributed by atoms with E-state index in [1.54, 1.807) is 12.0 Å². The van der Waals surface area contributed by atoms with Crippen LogP contribution >= 0.6 is 0 Å². The molecular formula is C24H33N3O4. The highest BCUT2D eigenvalue weighted by Crippen LogP contribution is 2.33. The lowest BCUT2D eigenvalue weighted by molar-refractivity contribution is -0.125. The molecule has 4 rings (SSSR count). The standard InChI is InChI=1S/C24H33N3O4/c1-31-20-10-8-17(9-11-20)15-26-12-6-4-2-3-5-7-18-13-21(18)25-23(29)22-14-19(28)16-27(22)24(26)30/h5,7-11,18-19,21-22,28H,2-4,6,12-16H2,1H3,(H,25,29)/b7-5-/t18-,19+,21-,22+/m1/s1. The van der Waals surface area contributed by atoms with Crippen molar-refractivity contribution in [1.82, 2.24) is 15.1 Å². The van der Waals surface area contributed by atoms with Gasteiger partial charge in [-0.1, -0.05) is 30.7 Å². The maximum Gasteiger partial charge on any atom is 0.321 e. The Balaban J connectivity index is 1.52. The predicted octanol–water partition coefficient (Wildman–Crippen LogP) is 2.69. The average molecular weight is 428 g/mol. The third-order valence-corrected chi connectivity index (χ3v) is 6.48. The van der Waals surface area contributed by atoms with E-state index in [1.165, 1.54) is 0 Å². The zero-order valence-corrected chi connectivity index (χ0v) is 18.2. The van der Waals surface area contributed by atoms with Crippen LogP contribution in [0, 0.1) is 5.92 Å². The van der Waals surface area contributed by atoms with Crippen LogP contribution < -0.4 is 10.1 Å². The molecule has 4 atom stereocenters. The Morgan fingerprint density at radius 2 is 1.94 bits per heavy atom. The fourth-order valence-corrected chi connectivity index (χ4v) is 4.53. The zero-order valence-electron chi connectivity index (χ0n) is 18.2. The minimum Gasteiger partial charge on any atom is -0.497 e. The number of aliphatic hydroxyl groups excluding tert-OH is 1. The molecule has 0 radical (unpaired) electrons. The molecule has 1 aromatic rings. The summed E-state index contributed by atoms with van der Waals surface area (Å²) in [6, 6.07) is 7.07. The number of fused-ring (bicyclic) bond motifs is 2. The Morgan fingerprint density at radius 3 is 2.71 bits per heavy atom. The first-order chi connectivity index (χ1) is 15.0. The molecule has 1 aromatic carbocycles. The molecule has 0 bridgehead atoms. The van der Waals surface area contributed by atoms with Crippen LogP contribution in [0.5, 0.6) is 5.75 Å². The summed E-state index contributed by atoms with van der Waals surface area (Å²) >= 11 is 0. The highest BCUT2D eigenvalue weighted by atomic mass is 16.5. The summed E-state index contributed by atoms with van der Waals surface area (Å²) in [6.45, 7) is 1.29. The summed E-state index contributed by atoms with van der Waals surface area (Å²) < 4.78 is 5.23. The van der Waals surface area contributed by atoms with Crippen LogP contribution in [0.4, 0.5) is 4.79 Å². The first-order valence-electron chi connectivity index (χ1n) is 11.4. The van der Waals surface area contributed by atoms with Crippen LogP contribution in [0.3, 0.4) is 0 Å². The molecule has 168 valence electrons. The van der Waals surface area contributed by atoms with Crippen LogP contribution in [0.15, 0.2) is 36.4 Å². The van der Waals surface area contributed by atoms with Crippen LogP contribution in [0.1, 0.15) is 44.1 Å². The fourth-order valence-electron chi connectivity index (χ4n) is 4.53. The molecule has 2 fully saturated rings. The number of nitrogens with one attached hydrogen (secondary N) is 1. The number of hydrogen-bond donors (Lipinski definition) is 2. The van der Waals surface area contributed by atoms with Crippen molar-refractivity contribution in [2.75, 3.05) is 20.2 Å². The smallest absolute Gasteiger partial charge is 0.321 e. The molecule has 2 heterocycles. The quantitative estimate of drug-likeness (QED) is 0.727. The van der Waals surface area contributed by atoms with Crippen LogP contribution in [-0.2, 0) is 11.3 Å². The topological polar surface area (TPSA) is 82.1 Å². The molecular weight excluding hydrogens is 394 g/mol. The van der Waals surface area contributed by atoms with Crippen molar-refractivity contribution in [3.8, 4) is 5.75 Å². The summed E-state index contributed by atoms with van der Waals surface area (Å²) in [7, 11) is 1.63. The van der Waals surface area contributed by atoms with Crippen molar-refractivity contribution in [3.05, 3.63) is 42.0 Å². The number of benzene rings is 1. The largest absolute Gasteiger partial charge is 0.497 e. The molecule has 2 N–H and O–H groups in total. The number of carbonyl (C=O) groups is 2. The number of nitrogens with zero attached hydrogens (tertiary/aromatic N) is 2. The molecule has 1 saturated heterocycles. The number of methoxy groups -OCH3 is 1. The molecule has 0 unspecified atom stereocenters. The highest BCUT2D eigenvalue weighted by molar-refractivity contribution is 5.88. The van der Waals surface area contributed by atoms with E-state index in [0.717, 1.165) is 43.4 Å². The second-order valence-corrected chi connectivity index (χ2v) is 8.90. The number of urea groups is 1. The van der Waals surface area contributed by atoms with Crippen LogP contribution in [0.2, 0.25) is 0 Å². The van der Waals surface area contributed by atoms with E-state index < -0.39 is 12.1 Å². The van der Waals surface area contributed by atoms with Gasteiger partial charge in [0, 0.05) is 32.1 Å². The highest BCUT2D eigenvalue weighted by Gasteiger charge is 2.44. The van der Waals surface area contributed by atoms with Crippen LogP contribution in [0.25, 0.3) is 0 Å². The summed E-state index contributed by atoms with van der Waals surface area (Å²) in [4.78, 5) is 29.8. The number of ether oxygens (including phenoxy) is 1. The van der Waals surface area contributed by atoms with Crippen molar-refractivity contribution in [1.29, 1.82) is 0 Å². The van der Waals surface area contributed by atoms with Crippen molar-refractivity contribution < 1.29 is 19.4 Å². The van der Waals surface area contributed by atoms with E-state index in [4.69, 9.17) is 4.74 Å². The van der Waals surface area contributed by atoms with Gasteiger partial charge in [0.2, 0.25) is 5.91 Å². The Hall–Kier alpha value is -2.54. The second kappa shape index (κ2) is 9.73. The average Bonchev–Trinajstić information content (AvgIpc) is 3.38. The summed E-state index contributed by atoms with van der Waals surface area (Å²) in [5, 5.41) is 13.3. The minimum absolute atomic E-state index is 0.148. The van der Waals surface area contributed by atoms with Gasteiger partial charge in [-0.05, 0) is 49.3 Å². The van der Waals surface area contributed by atoms with E-state index in [0.29, 0.717) is 25.4 Å². The Morgan fingerprint density at radius 1 is 1.13 bits per heavy atom. The van der Waals surface area contributed by atoms with Gasteiger partial charge in [0.1, 0.15) is 11.8 Å². The number of aliphatic hydroxyl groups is 1. The molecule has 2 aliphatic heterocycles. The van der Waals surface area contributed by atoms with Gasteiger partial charge >= 0.3 is 6.03 Å². The molecule has 7 heteroatoms. The molecule has 7 nitrogen and oxygen atoms in total.